The number of rotatable bonds is 18. The number of ether oxygens (including phenoxy) is 7. The molecule has 0 radical (unpaired) electrons. The zero-order chi connectivity index (χ0) is 39.4. The van der Waals surface area contributed by atoms with Gasteiger partial charge in [0.05, 0.1) is 40.1 Å². The third kappa shape index (κ3) is 10.5. The lowest BCUT2D eigenvalue weighted by atomic mass is 9.97. The molecule has 0 saturated carbocycles. The summed E-state index contributed by atoms with van der Waals surface area (Å²) in [7, 11) is 1.29. The molecule has 2 heterocycles. The molecule has 1 aliphatic heterocycles. The number of methoxy groups -OCH3 is 1. The van der Waals surface area contributed by atoms with Crippen LogP contribution in [0.5, 0.6) is 11.6 Å². The second-order valence-corrected chi connectivity index (χ2v) is 13.8. The van der Waals surface area contributed by atoms with Gasteiger partial charge in [-0.25, -0.2) is 8.78 Å². The fourth-order valence-electron chi connectivity index (χ4n) is 6.74. The van der Waals surface area contributed by atoms with Gasteiger partial charge >= 0.3 is 0 Å². The van der Waals surface area contributed by atoms with Crippen molar-refractivity contribution in [1.29, 1.82) is 0 Å². The number of hydrogen-bond donors (Lipinski definition) is 1. The molecule has 5 aromatic carbocycles. The largest absolute Gasteiger partial charge is 0.494 e. The van der Waals surface area contributed by atoms with Crippen LogP contribution in [0.3, 0.4) is 0 Å². The molecule has 0 spiro atoms. The van der Waals surface area contributed by atoms with E-state index in [4.69, 9.17) is 33.2 Å². The fourth-order valence-corrected chi connectivity index (χ4v) is 6.74. The molecular formula is C46H46F2N2O7. The molecule has 1 N–H and O–H groups in total. The summed E-state index contributed by atoms with van der Waals surface area (Å²) < 4.78 is 75.1. The molecule has 11 heteroatoms. The van der Waals surface area contributed by atoms with Crippen LogP contribution in [0.1, 0.15) is 39.1 Å². The van der Waals surface area contributed by atoms with Gasteiger partial charge in [-0.15, -0.1) is 5.10 Å². The molecule has 1 fully saturated rings. The van der Waals surface area contributed by atoms with Crippen LogP contribution < -0.4 is 9.47 Å². The van der Waals surface area contributed by atoms with E-state index >= 15 is 4.39 Å². The summed E-state index contributed by atoms with van der Waals surface area (Å²) >= 11 is 0. The van der Waals surface area contributed by atoms with E-state index in [0.29, 0.717) is 17.9 Å². The molecule has 9 nitrogen and oxygen atoms in total. The Morgan fingerprint density at radius 1 is 0.632 bits per heavy atom. The summed E-state index contributed by atoms with van der Waals surface area (Å²) in [5.74, 6) is -1.34. The Labute approximate surface area is 331 Å². The highest BCUT2D eigenvalue weighted by atomic mass is 19.1. The maximum Gasteiger partial charge on any atom is 0.238 e. The summed E-state index contributed by atoms with van der Waals surface area (Å²) in [5, 5.41) is 7.41. The molecule has 7 rings (SSSR count). The van der Waals surface area contributed by atoms with Gasteiger partial charge in [0.1, 0.15) is 30.2 Å². The zero-order valence-electron chi connectivity index (χ0n) is 31.9. The molecule has 5 atom stereocenters. The van der Waals surface area contributed by atoms with E-state index in [-0.39, 0.29) is 50.0 Å². The smallest absolute Gasteiger partial charge is 0.238 e. The van der Waals surface area contributed by atoms with Crippen molar-refractivity contribution < 1.29 is 41.9 Å². The van der Waals surface area contributed by atoms with Gasteiger partial charge in [0.25, 0.3) is 0 Å². The fraction of sp³-hybridized carbons (Fsp3) is 0.283. The molecule has 0 bridgehead atoms. The van der Waals surface area contributed by atoms with Gasteiger partial charge < -0.3 is 33.2 Å². The van der Waals surface area contributed by atoms with Crippen molar-refractivity contribution in [3.63, 3.8) is 0 Å². The Kier molecular flexibility index (Phi) is 13.7. The number of halogens is 2. The van der Waals surface area contributed by atoms with Crippen molar-refractivity contribution in [3.05, 3.63) is 184 Å². The van der Waals surface area contributed by atoms with E-state index in [1.54, 1.807) is 6.92 Å². The number of aromatic amines is 1. The standard InChI is InChI=1S/C46H46F2N2O7/c1-31-37(23-36-24-39(48)40(51-2)25-38(36)47)45(50-49-31)57-46-44(55-29-35-21-13-6-14-22-35)43(54-28-34-19-11-5-12-20-34)42(53-27-33-17-9-4-10-18-33)41(56-46)30-52-26-32-15-7-3-8-16-32/h3-22,24-25,41-44,46H,23,26-30H2,1-2H3,(H,49,50)/t41-,42-,43+,44-,46+/m1/s1. The Bertz CT molecular complexity index is 2120. The highest BCUT2D eigenvalue weighted by molar-refractivity contribution is 5.39. The van der Waals surface area contributed by atoms with E-state index < -0.39 is 42.3 Å². The lowest BCUT2D eigenvalue weighted by Gasteiger charge is -2.45. The third-order valence-electron chi connectivity index (χ3n) is 9.79. The quantitative estimate of drug-likeness (QED) is 0.0928. The summed E-state index contributed by atoms with van der Waals surface area (Å²) in [4.78, 5) is 0. The number of nitrogens with zero attached hydrogens (tertiary/aromatic N) is 1. The van der Waals surface area contributed by atoms with Gasteiger partial charge in [-0.1, -0.05) is 121 Å². The first kappa shape index (κ1) is 39.8. The maximum atomic E-state index is 15.3. The molecular weight excluding hydrogens is 731 g/mol. The Morgan fingerprint density at radius 3 is 1.68 bits per heavy atom. The minimum absolute atomic E-state index is 0.0208. The van der Waals surface area contributed by atoms with Crippen LogP contribution >= 0.6 is 0 Å². The van der Waals surface area contributed by atoms with Crippen LogP contribution in [-0.2, 0) is 56.5 Å². The van der Waals surface area contributed by atoms with Crippen molar-refractivity contribution in [3.8, 4) is 11.6 Å². The SMILES string of the molecule is COc1cc(F)c(Cc2c(O[C@@H]3O[C@H](COCc4ccccc4)[C@@H](OCc4ccccc4)[C@H](OCc4ccccc4)[C@H]3OCc3ccccc3)n[nH]c2C)cc1F. The predicted octanol–water partition coefficient (Wildman–Crippen LogP) is 8.67. The summed E-state index contributed by atoms with van der Waals surface area (Å²) in [6.45, 7) is 3.00. The highest BCUT2D eigenvalue weighted by Gasteiger charge is 2.50. The molecule has 1 aromatic heterocycles. The van der Waals surface area contributed by atoms with E-state index in [2.05, 4.69) is 10.2 Å². The third-order valence-corrected chi connectivity index (χ3v) is 9.79. The Morgan fingerprint density at radius 2 is 1.14 bits per heavy atom. The summed E-state index contributed by atoms with van der Waals surface area (Å²) in [6.07, 6.45) is -4.10. The normalized spacial score (nSPS) is 19.3. The number of benzene rings is 5. The highest BCUT2D eigenvalue weighted by Crippen LogP contribution is 2.34. The molecule has 0 aliphatic carbocycles. The second kappa shape index (κ2) is 19.6. The lowest BCUT2D eigenvalue weighted by Crippen LogP contribution is -2.62. The zero-order valence-corrected chi connectivity index (χ0v) is 31.9. The van der Waals surface area contributed by atoms with Crippen LogP contribution in [0.15, 0.2) is 133 Å². The number of hydrogen-bond acceptors (Lipinski definition) is 8. The Balaban J connectivity index is 1.24. The van der Waals surface area contributed by atoms with Crippen molar-refractivity contribution in [2.75, 3.05) is 13.7 Å². The van der Waals surface area contributed by atoms with Gasteiger partial charge in [0.15, 0.2) is 11.6 Å². The first-order chi connectivity index (χ1) is 27.9. The van der Waals surface area contributed by atoms with E-state index in [0.717, 1.165) is 34.4 Å². The van der Waals surface area contributed by atoms with E-state index in [1.165, 1.54) is 7.11 Å². The van der Waals surface area contributed by atoms with E-state index in [9.17, 15) is 4.39 Å². The molecule has 6 aromatic rings. The molecule has 57 heavy (non-hydrogen) atoms. The maximum absolute atomic E-state index is 15.3. The van der Waals surface area contributed by atoms with Gasteiger partial charge in [-0.2, -0.15) is 0 Å². The summed E-state index contributed by atoms with van der Waals surface area (Å²) in [6, 6.07) is 41.5. The van der Waals surface area contributed by atoms with E-state index in [1.807, 2.05) is 121 Å². The second-order valence-electron chi connectivity index (χ2n) is 13.8. The first-order valence-corrected chi connectivity index (χ1v) is 18.9. The van der Waals surface area contributed by atoms with Crippen molar-refractivity contribution >= 4 is 0 Å². The topological polar surface area (TPSA) is 93.3 Å². The molecule has 0 amide bonds. The number of aryl methyl sites for hydroxylation is 1. The number of nitrogens with one attached hydrogen (secondary N) is 1. The Hall–Kier alpha value is -5.43. The van der Waals surface area contributed by atoms with Crippen LogP contribution in [-0.4, -0.2) is 54.6 Å². The molecule has 1 aliphatic rings. The number of aromatic nitrogens is 2. The average molecular weight is 777 g/mol. The molecule has 0 unspecified atom stereocenters. The summed E-state index contributed by atoms with van der Waals surface area (Å²) in [5.41, 5.74) is 5.11. The predicted molar refractivity (Wildman–Crippen MR) is 209 cm³/mol. The van der Waals surface area contributed by atoms with Gasteiger partial charge in [-0.3, -0.25) is 5.10 Å². The van der Waals surface area contributed by atoms with Crippen LogP contribution in [0.25, 0.3) is 0 Å². The van der Waals surface area contributed by atoms with Crippen molar-refractivity contribution in [2.45, 2.75) is 70.5 Å². The molecule has 296 valence electrons. The number of H-pyrrole nitrogens is 1. The minimum Gasteiger partial charge on any atom is -0.494 e. The van der Waals surface area contributed by atoms with Gasteiger partial charge in [0.2, 0.25) is 12.2 Å². The van der Waals surface area contributed by atoms with Gasteiger partial charge in [0, 0.05) is 23.7 Å². The van der Waals surface area contributed by atoms with Gasteiger partial charge in [-0.05, 0) is 40.8 Å². The molecule has 1 saturated heterocycles. The van der Waals surface area contributed by atoms with Crippen LogP contribution in [0, 0.1) is 18.6 Å². The van der Waals surface area contributed by atoms with Crippen molar-refractivity contribution in [2.24, 2.45) is 0 Å². The monoisotopic (exact) mass is 776 g/mol. The average Bonchev–Trinajstić information content (AvgIpc) is 3.59. The van der Waals surface area contributed by atoms with Crippen LogP contribution in [0.2, 0.25) is 0 Å². The lowest BCUT2D eigenvalue weighted by molar-refractivity contribution is -0.310. The first-order valence-electron chi connectivity index (χ1n) is 18.9. The van der Waals surface area contributed by atoms with Crippen LogP contribution in [0.4, 0.5) is 8.78 Å². The minimum atomic E-state index is -1.10. The van der Waals surface area contributed by atoms with Crippen molar-refractivity contribution in [1.82, 2.24) is 10.2 Å².